The largest absolute Gasteiger partial charge is 0.385 e. The molecule has 2 aliphatic rings. The SMILES string of the molecule is CC1CCCC(C#N)(C2(O)CCOC2C)C1. The van der Waals surface area contributed by atoms with E-state index in [1.165, 1.54) is 6.42 Å². The molecule has 90 valence electrons. The van der Waals surface area contributed by atoms with Gasteiger partial charge in [-0.2, -0.15) is 5.26 Å². The second kappa shape index (κ2) is 4.01. The van der Waals surface area contributed by atoms with E-state index in [0.717, 1.165) is 19.3 Å². The highest BCUT2D eigenvalue weighted by molar-refractivity contribution is 5.16. The average Bonchev–Trinajstić information content (AvgIpc) is 2.61. The molecule has 2 fully saturated rings. The normalized spacial score (nSPS) is 48.9. The van der Waals surface area contributed by atoms with Gasteiger partial charge in [0.1, 0.15) is 5.60 Å². The average molecular weight is 223 g/mol. The number of nitriles is 1. The standard InChI is InChI=1S/C13H21NO2/c1-10-4-3-5-12(8-10,9-14)13(15)6-7-16-11(13)2/h10-11,15H,3-8H2,1-2H3. The summed E-state index contributed by atoms with van der Waals surface area (Å²) in [4.78, 5) is 0. The highest BCUT2D eigenvalue weighted by Gasteiger charge is 2.57. The Kier molecular flexibility index (Phi) is 2.98. The molecule has 0 aromatic heterocycles. The quantitative estimate of drug-likeness (QED) is 0.741. The summed E-state index contributed by atoms with van der Waals surface area (Å²) >= 11 is 0. The molecule has 1 aliphatic carbocycles. The van der Waals surface area contributed by atoms with Crippen LogP contribution < -0.4 is 0 Å². The first-order valence-electron chi connectivity index (χ1n) is 6.29. The third-order valence-electron chi connectivity index (χ3n) is 4.56. The van der Waals surface area contributed by atoms with Crippen LogP contribution in [0.3, 0.4) is 0 Å². The fourth-order valence-corrected chi connectivity index (χ4v) is 3.50. The molecule has 4 unspecified atom stereocenters. The zero-order valence-corrected chi connectivity index (χ0v) is 10.2. The van der Waals surface area contributed by atoms with Crippen molar-refractivity contribution in [1.29, 1.82) is 5.26 Å². The van der Waals surface area contributed by atoms with Crippen LogP contribution in [0, 0.1) is 22.7 Å². The second-order valence-electron chi connectivity index (χ2n) is 5.58. The van der Waals surface area contributed by atoms with E-state index >= 15 is 0 Å². The van der Waals surface area contributed by atoms with Crippen LogP contribution in [0.15, 0.2) is 0 Å². The van der Waals surface area contributed by atoms with Crippen LogP contribution in [0.5, 0.6) is 0 Å². The smallest absolute Gasteiger partial charge is 0.111 e. The Bertz CT molecular complexity index is 312. The maximum absolute atomic E-state index is 10.8. The zero-order valence-electron chi connectivity index (χ0n) is 10.2. The minimum Gasteiger partial charge on any atom is -0.385 e. The molecule has 1 saturated carbocycles. The Morgan fingerprint density at radius 2 is 2.12 bits per heavy atom. The van der Waals surface area contributed by atoms with Crippen molar-refractivity contribution in [2.45, 2.75) is 57.7 Å². The lowest BCUT2D eigenvalue weighted by atomic mass is 9.59. The minimum atomic E-state index is -0.934. The van der Waals surface area contributed by atoms with Gasteiger partial charge in [-0.15, -0.1) is 0 Å². The molecule has 4 atom stereocenters. The van der Waals surface area contributed by atoms with E-state index in [0.29, 0.717) is 18.9 Å². The van der Waals surface area contributed by atoms with Crippen molar-refractivity contribution in [2.24, 2.45) is 11.3 Å². The van der Waals surface area contributed by atoms with Gasteiger partial charge in [-0.25, -0.2) is 0 Å². The lowest BCUT2D eigenvalue weighted by molar-refractivity contribution is -0.116. The Morgan fingerprint density at radius 3 is 2.62 bits per heavy atom. The fraction of sp³-hybridized carbons (Fsp3) is 0.923. The van der Waals surface area contributed by atoms with Gasteiger partial charge < -0.3 is 9.84 Å². The molecule has 0 spiro atoms. The van der Waals surface area contributed by atoms with Gasteiger partial charge in [0.2, 0.25) is 0 Å². The summed E-state index contributed by atoms with van der Waals surface area (Å²) < 4.78 is 5.48. The van der Waals surface area contributed by atoms with Crippen LogP contribution in [-0.2, 0) is 4.74 Å². The van der Waals surface area contributed by atoms with Crippen molar-refractivity contribution in [3.05, 3.63) is 0 Å². The summed E-state index contributed by atoms with van der Waals surface area (Å²) in [6.45, 7) is 4.65. The summed E-state index contributed by atoms with van der Waals surface area (Å²) in [6, 6.07) is 2.43. The second-order valence-corrected chi connectivity index (χ2v) is 5.58. The molecule has 3 nitrogen and oxygen atoms in total. The molecule has 0 aromatic rings. The molecule has 16 heavy (non-hydrogen) atoms. The summed E-state index contributed by atoms with van der Waals surface area (Å²) in [7, 11) is 0. The third kappa shape index (κ3) is 1.56. The Hall–Kier alpha value is -0.590. The van der Waals surface area contributed by atoms with E-state index in [2.05, 4.69) is 13.0 Å². The van der Waals surface area contributed by atoms with Crippen molar-refractivity contribution in [3.63, 3.8) is 0 Å². The van der Waals surface area contributed by atoms with Crippen LogP contribution in [0.25, 0.3) is 0 Å². The Labute approximate surface area is 97.4 Å². The summed E-state index contributed by atoms with van der Waals surface area (Å²) in [5.41, 5.74) is -1.52. The number of hydrogen-bond acceptors (Lipinski definition) is 3. The third-order valence-corrected chi connectivity index (χ3v) is 4.56. The molecule has 1 N–H and O–H groups in total. The first-order chi connectivity index (χ1) is 7.54. The first kappa shape index (κ1) is 11.9. The van der Waals surface area contributed by atoms with Gasteiger partial charge in [0, 0.05) is 13.0 Å². The molecule has 1 heterocycles. The molecule has 1 saturated heterocycles. The Morgan fingerprint density at radius 1 is 1.38 bits per heavy atom. The van der Waals surface area contributed by atoms with Gasteiger partial charge in [-0.3, -0.25) is 0 Å². The summed E-state index contributed by atoms with van der Waals surface area (Å²) in [5, 5.41) is 20.3. The molecule has 0 radical (unpaired) electrons. The Balaban J connectivity index is 2.30. The number of ether oxygens (including phenoxy) is 1. The van der Waals surface area contributed by atoms with E-state index < -0.39 is 11.0 Å². The molecule has 3 heteroatoms. The lowest BCUT2D eigenvalue weighted by Crippen LogP contribution is -2.54. The van der Waals surface area contributed by atoms with E-state index in [4.69, 9.17) is 4.74 Å². The van der Waals surface area contributed by atoms with Crippen molar-refractivity contribution in [2.75, 3.05) is 6.61 Å². The van der Waals surface area contributed by atoms with E-state index in [1.54, 1.807) is 0 Å². The van der Waals surface area contributed by atoms with E-state index in [1.807, 2.05) is 6.92 Å². The van der Waals surface area contributed by atoms with Crippen molar-refractivity contribution >= 4 is 0 Å². The van der Waals surface area contributed by atoms with E-state index in [9.17, 15) is 10.4 Å². The molecule has 1 aliphatic heterocycles. The molecule has 2 rings (SSSR count). The van der Waals surface area contributed by atoms with Crippen LogP contribution in [0.2, 0.25) is 0 Å². The molecule has 0 amide bonds. The van der Waals surface area contributed by atoms with Gasteiger partial charge in [-0.05, 0) is 25.7 Å². The highest BCUT2D eigenvalue weighted by atomic mass is 16.5. The topological polar surface area (TPSA) is 53.2 Å². The monoisotopic (exact) mass is 223 g/mol. The number of aliphatic hydroxyl groups is 1. The number of rotatable bonds is 1. The van der Waals surface area contributed by atoms with Gasteiger partial charge >= 0.3 is 0 Å². The maximum atomic E-state index is 10.8. The van der Waals surface area contributed by atoms with Crippen molar-refractivity contribution in [3.8, 4) is 6.07 Å². The van der Waals surface area contributed by atoms with E-state index in [-0.39, 0.29) is 6.10 Å². The summed E-state index contributed by atoms with van der Waals surface area (Å²) in [5.74, 6) is 0.533. The van der Waals surface area contributed by atoms with Crippen molar-refractivity contribution < 1.29 is 9.84 Å². The molecule has 0 aromatic carbocycles. The van der Waals surface area contributed by atoms with Gasteiger partial charge in [0.05, 0.1) is 17.6 Å². The van der Waals surface area contributed by atoms with Crippen LogP contribution in [0.1, 0.15) is 46.0 Å². The van der Waals surface area contributed by atoms with Gasteiger partial charge in [-0.1, -0.05) is 19.8 Å². The maximum Gasteiger partial charge on any atom is 0.111 e. The van der Waals surface area contributed by atoms with Crippen molar-refractivity contribution in [1.82, 2.24) is 0 Å². The zero-order chi connectivity index (χ0) is 11.8. The molecular weight excluding hydrogens is 202 g/mol. The predicted molar refractivity (Wildman–Crippen MR) is 60.7 cm³/mol. The lowest BCUT2D eigenvalue weighted by Gasteiger charge is -2.46. The van der Waals surface area contributed by atoms with Gasteiger partial charge in [0.15, 0.2) is 0 Å². The number of hydrogen-bond donors (Lipinski definition) is 1. The number of nitrogens with zero attached hydrogens (tertiary/aromatic N) is 1. The minimum absolute atomic E-state index is 0.211. The van der Waals surface area contributed by atoms with Gasteiger partial charge in [0.25, 0.3) is 0 Å². The van der Waals surface area contributed by atoms with Crippen LogP contribution in [-0.4, -0.2) is 23.4 Å². The summed E-state index contributed by atoms with van der Waals surface area (Å²) in [6.07, 6.45) is 4.25. The fourth-order valence-electron chi connectivity index (χ4n) is 3.50. The predicted octanol–water partition coefficient (Wildman–Crippen LogP) is 2.25. The highest BCUT2D eigenvalue weighted by Crippen LogP contribution is 2.51. The molecule has 0 bridgehead atoms. The van der Waals surface area contributed by atoms with Crippen LogP contribution in [0.4, 0.5) is 0 Å². The first-order valence-corrected chi connectivity index (χ1v) is 6.29. The molecular formula is C13H21NO2. The van der Waals surface area contributed by atoms with Crippen LogP contribution >= 0.6 is 0 Å².